The lowest BCUT2D eigenvalue weighted by Gasteiger charge is -2.31. The van der Waals surface area contributed by atoms with Gasteiger partial charge in [-0.15, -0.1) is 10.2 Å². The van der Waals surface area contributed by atoms with Gasteiger partial charge in [-0.1, -0.05) is 36.4 Å². The zero-order chi connectivity index (χ0) is 18.8. The highest BCUT2D eigenvalue weighted by molar-refractivity contribution is 7.99. The van der Waals surface area contributed by atoms with E-state index in [0.29, 0.717) is 22.5 Å². The molecule has 6 nitrogen and oxygen atoms in total. The van der Waals surface area contributed by atoms with Crippen LogP contribution in [0.2, 0.25) is 5.02 Å². The van der Waals surface area contributed by atoms with Gasteiger partial charge in [-0.25, -0.2) is 0 Å². The Kier molecular flexibility index (Phi) is 5.59. The first-order valence-electron chi connectivity index (χ1n) is 9.48. The number of aromatic nitrogens is 3. The number of nitrogens with zero attached hydrogens (tertiary/aromatic N) is 4. The number of nitrogens with one attached hydrogen (secondary N) is 1. The van der Waals surface area contributed by atoms with Crippen molar-refractivity contribution in [2.75, 3.05) is 29.1 Å². The fourth-order valence-corrected chi connectivity index (χ4v) is 4.33. The van der Waals surface area contributed by atoms with E-state index in [2.05, 4.69) is 31.9 Å². The summed E-state index contributed by atoms with van der Waals surface area (Å²) < 4.78 is 2.24. The topological polar surface area (TPSA) is 63.1 Å². The molecule has 1 aromatic carbocycles. The van der Waals surface area contributed by atoms with Crippen LogP contribution < -0.4 is 10.2 Å². The van der Waals surface area contributed by atoms with E-state index in [0.717, 1.165) is 43.0 Å². The van der Waals surface area contributed by atoms with E-state index in [-0.39, 0.29) is 5.91 Å². The van der Waals surface area contributed by atoms with Crippen LogP contribution >= 0.6 is 23.4 Å². The van der Waals surface area contributed by atoms with Crippen molar-refractivity contribution in [2.45, 2.75) is 43.8 Å². The third-order valence-electron chi connectivity index (χ3n) is 5.07. The SMILES string of the molecule is CC1CCN(c2nnc(SCC(=O)Nc3cccc(Cl)c3)n2C2CC2)CC1. The maximum absolute atomic E-state index is 12.3. The summed E-state index contributed by atoms with van der Waals surface area (Å²) in [6.07, 6.45) is 4.72. The van der Waals surface area contributed by atoms with Crippen molar-refractivity contribution < 1.29 is 4.79 Å². The predicted octanol–water partition coefficient (Wildman–Crippen LogP) is 4.23. The summed E-state index contributed by atoms with van der Waals surface area (Å²) in [5.41, 5.74) is 0.708. The third-order valence-corrected chi connectivity index (χ3v) is 6.24. The first-order valence-corrected chi connectivity index (χ1v) is 10.8. The minimum atomic E-state index is -0.0686. The Morgan fingerprint density at radius 1 is 1.26 bits per heavy atom. The Morgan fingerprint density at radius 2 is 2.04 bits per heavy atom. The molecule has 2 fully saturated rings. The first kappa shape index (κ1) is 18.6. The number of piperidine rings is 1. The minimum absolute atomic E-state index is 0.0686. The van der Waals surface area contributed by atoms with Gasteiger partial charge in [-0.3, -0.25) is 9.36 Å². The molecule has 1 aromatic heterocycles. The average molecular weight is 406 g/mol. The van der Waals surface area contributed by atoms with Crippen LogP contribution in [0.5, 0.6) is 0 Å². The molecule has 1 N–H and O–H groups in total. The molecule has 2 heterocycles. The summed E-state index contributed by atoms with van der Waals surface area (Å²) in [5.74, 6) is 1.99. The van der Waals surface area contributed by atoms with Gasteiger partial charge in [0.2, 0.25) is 11.9 Å². The molecule has 1 amide bonds. The average Bonchev–Trinajstić information content (AvgIpc) is 3.40. The largest absolute Gasteiger partial charge is 0.341 e. The van der Waals surface area contributed by atoms with Gasteiger partial charge in [0.05, 0.1) is 5.75 Å². The second-order valence-corrected chi connectivity index (χ2v) is 8.78. The Hall–Kier alpha value is -1.73. The van der Waals surface area contributed by atoms with Gasteiger partial charge >= 0.3 is 0 Å². The van der Waals surface area contributed by atoms with Gasteiger partial charge in [0.25, 0.3) is 0 Å². The summed E-state index contributed by atoms with van der Waals surface area (Å²) in [4.78, 5) is 14.6. The molecule has 1 saturated heterocycles. The first-order chi connectivity index (χ1) is 13.1. The molecule has 4 rings (SSSR count). The second kappa shape index (κ2) is 8.10. The Balaban J connectivity index is 1.41. The molecule has 1 aliphatic heterocycles. The zero-order valence-corrected chi connectivity index (χ0v) is 17.0. The number of carbonyl (C=O) groups is 1. The van der Waals surface area contributed by atoms with Crippen molar-refractivity contribution in [1.29, 1.82) is 0 Å². The fraction of sp³-hybridized carbons (Fsp3) is 0.526. The lowest BCUT2D eigenvalue weighted by molar-refractivity contribution is -0.113. The summed E-state index contributed by atoms with van der Waals surface area (Å²) in [6.45, 7) is 4.38. The maximum Gasteiger partial charge on any atom is 0.234 e. The number of thioether (sulfide) groups is 1. The van der Waals surface area contributed by atoms with Gasteiger partial charge in [-0.05, 0) is 49.8 Å². The molecule has 2 aromatic rings. The van der Waals surface area contributed by atoms with E-state index in [9.17, 15) is 4.79 Å². The van der Waals surface area contributed by atoms with E-state index in [1.54, 1.807) is 12.1 Å². The number of hydrogen-bond acceptors (Lipinski definition) is 5. The Bertz CT molecular complexity index is 814. The number of benzene rings is 1. The molecule has 8 heteroatoms. The van der Waals surface area contributed by atoms with E-state index in [1.165, 1.54) is 24.6 Å². The third kappa shape index (κ3) is 4.58. The van der Waals surface area contributed by atoms with Gasteiger partial charge in [0.1, 0.15) is 0 Å². The molecule has 1 aliphatic carbocycles. The van der Waals surface area contributed by atoms with Gasteiger partial charge in [0.15, 0.2) is 5.16 Å². The highest BCUT2D eigenvalue weighted by Crippen LogP contribution is 2.41. The number of carbonyl (C=O) groups excluding carboxylic acids is 1. The summed E-state index contributed by atoms with van der Waals surface area (Å²) in [7, 11) is 0. The summed E-state index contributed by atoms with van der Waals surface area (Å²) >= 11 is 7.42. The molecule has 2 aliphatic rings. The van der Waals surface area contributed by atoms with E-state index >= 15 is 0 Å². The van der Waals surface area contributed by atoms with Crippen molar-refractivity contribution in [1.82, 2.24) is 14.8 Å². The van der Waals surface area contributed by atoms with Crippen LogP contribution in [0.15, 0.2) is 29.4 Å². The van der Waals surface area contributed by atoms with Gasteiger partial charge < -0.3 is 10.2 Å². The normalized spacial score (nSPS) is 17.9. The zero-order valence-electron chi connectivity index (χ0n) is 15.4. The fourth-order valence-electron chi connectivity index (χ4n) is 3.34. The lowest BCUT2D eigenvalue weighted by Crippen LogP contribution is -2.34. The van der Waals surface area contributed by atoms with E-state index in [4.69, 9.17) is 11.6 Å². The van der Waals surface area contributed by atoms with Crippen LogP contribution in [0.4, 0.5) is 11.6 Å². The van der Waals surface area contributed by atoms with E-state index < -0.39 is 0 Å². The van der Waals surface area contributed by atoms with Crippen LogP contribution in [0.25, 0.3) is 0 Å². The number of amides is 1. The molecule has 0 bridgehead atoms. The monoisotopic (exact) mass is 405 g/mol. The number of hydrogen-bond donors (Lipinski definition) is 1. The highest BCUT2D eigenvalue weighted by Gasteiger charge is 2.32. The van der Waals surface area contributed by atoms with Crippen molar-refractivity contribution in [3.05, 3.63) is 29.3 Å². The molecule has 0 atom stereocenters. The number of rotatable bonds is 6. The molecule has 0 spiro atoms. The van der Waals surface area contributed by atoms with Crippen molar-refractivity contribution in [2.24, 2.45) is 5.92 Å². The standard InChI is InChI=1S/C19H24ClN5OS/c1-13-7-9-24(10-8-13)18-22-23-19(25(18)16-5-6-16)27-12-17(26)21-15-4-2-3-14(20)11-15/h2-4,11,13,16H,5-10,12H2,1H3,(H,21,26). The lowest BCUT2D eigenvalue weighted by atomic mass is 10.00. The van der Waals surface area contributed by atoms with Crippen LogP contribution in [0.1, 0.15) is 38.6 Å². The Labute approximate surface area is 168 Å². The van der Waals surface area contributed by atoms with Crippen molar-refractivity contribution in [3.63, 3.8) is 0 Å². The predicted molar refractivity (Wildman–Crippen MR) is 110 cm³/mol. The summed E-state index contributed by atoms with van der Waals surface area (Å²) in [5, 5.41) is 13.2. The van der Waals surface area contributed by atoms with Gasteiger partial charge in [-0.2, -0.15) is 0 Å². The number of anilines is 2. The van der Waals surface area contributed by atoms with Crippen LogP contribution in [-0.2, 0) is 4.79 Å². The number of halogens is 1. The molecule has 144 valence electrons. The smallest absolute Gasteiger partial charge is 0.234 e. The van der Waals surface area contributed by atoms with Crippen LogP contribution in [0.3, 0.4) is 0 Å². The molecule has 27 heavy (non-hydrogen) atoms. The molecule has 0 unspecified atom stereocenters. The second-order valence-electron chi connectivity index (χ2n) is 7.40. The quantitative estimate of drug-likeness (QED) is 0.728. The molecular weight excluding hydrogens is 382 g/mol. The van der Waals surface area contributed by atoms with Crippen molar-refractivity contribution >= 4 is 40.9 Å². The molecule has 1 saturated carbocycles. The highest BCUT2D eigenvalue weighted by atomic mass is 35.5. The van der Waals surface area contributed by atoms with Crippen LogP contribution in [0, 0.1) is 5.92 Å². The maximum atomic E-state index is 12.3. The van der Waals surface area contributed by atoms with Gasteiger partial charge in [0, 0.05) is 29.8 Å². The van der Waals surface area contributed by atoms with Crippen LogP contribution in [-0.4, -0.2) is 39.5 Å². The minimum Gasteiger partial charge on any atom is -0.341 e. The summed E-state index contributed by atoms with van der Waals surface area (Å²) in [6, 6.07) is 7.66. The Morgan fingerprint density at radius 3 is 2.74 bits per heavy atom. The molecular formula is C19H24ClN5OS. The molecule has 0 radical (unpaired) electrons. The van der Waals surface area contributed by atoms with Crippen molar-refractivity contribution in [3.8, 4) is 0 Å². The van der Waals surface area contributed by atoms with E-state index in [1.807, 2.05) is 12.1 Å².